The number of hydrogen-bond acceptors (Lipinski definition) is 4. The Balaban J connectivity index is 1.81. The van der Waals surface area contributed by atoms with Crippen LogP contribution in [-0.2, 0) is 17.4 Å². The van der Waals surface area contributed by atoms with Crippen molar-refractivity contribution in [2.24, 2.45) is 0 Å². The molecule has 220 valence electrons. The van der Waals surface area contributed by atoms with Crippen molar-refractivity contribution in [3.05, 3.63) is 112 Å². The maximum atomic E-state index is 15.1. The summed E-state index contributed by atoms with van der Waals surface area (Å²) in [6, 6.07) is 16.2. The highest BCUT2D eigenvalue weighted by atomic mass is 19.4. The third-order valence-electron chi connectivity index (χ3n) is 6.93. The average Bonchev–Trinajstić information content (AvgIpc) is 3.17. The lowest BCUT2D eigenvalue weighted by atomic mass is 9.84. The lowest BCUT2D eigenvalue weighted by Gasteiger charge is -2.33. The Kier molecular flexibility index (Phi) is 8.20. The van der Waals surface area contributed by atoms with E-state index in [0.29, 0.717) is 23.4 Å². The highest BCUT2D eigenvalue weighted by molar-refractivity contribution is 6.19. The summed E-state index contributed by atoms with van der Waals surface area (Å²) in [6.45, 7) is 0.867. The molecule has 1 aliphatic rings. The monoisotopic (exact) mass is 590 g/mol. The number of ether oxygens (including phenoxy) is 1. The van der Waals surface area contributed by atoms with Gasteiger partial charge < -0.3 is 15.0 Å². The van der Waals surface area contributed by atoms with Gasteiger partial charge in [0.1, 0.15) is 5.75 Å². The molecule has 0 bridgehead atoms. The van der Waals surface area contributed by atoms with Crippen LogP contribution in [0.1, 0.15) is 38.8 Å². The molecule has 1 aliphatic heterocycles. The molecule has 0 unspecified atom stereocenters. The number of benzene rings is 3. The number of hydrogen-bond donors (Lipinski definition) is 1. The highest BCUT2D eigenvalue weighted by Crippen LogP contribution is 2.46. The molecule has 1 N–H and O–H groups in total. The highest BCUT2D eigenvalue weighted by Gasteiger charge is 2.70. The maximum Gasteiger partial charge on any atom is 0.425 e. The molecule has 1 atom stereocenters. The number of nitrogens with one attached hydrogen (secondary N) is 1. The standard InChI is InChI=1S/C30H24F6N2O4/c1-18-24(25(39)20-7-4-3-5-8-20)28(30(34,35)36,37-26(40)21-9-6-10-22(17-21)29(31,32)33)27(41)38(18)16-15-19-11-13-23(42-2)14-12-19/h3-14,17H,15-16H2,1-2H3,(H,37,40)/t28-/m0/s1. The van der Waals surface area contributed by atoms with E-state index in [1.165, 1.54) is 37.4 Å². The Hall–Kier alpha value is -4.61. The minimum absolute atomic E-state index is 0.0788. The van der Waals surface area contributed by atoms with Crippen LogP contribution in [0.15, 0.2) is 90.1 Å². The summed E-state index contributed by atoms with van der Waals surface area (Å²) < 4.78 is 90.1. The second-order valence-electron chi connectivity index (χ2n) is 9.49. The first-order valence-electron chi connectivity index (χ1n) is 12.5. The lowest BCUT2D eigenvalue weighted by Crippen LogP contribution is -2.66. The predicted octanol–water partition coefficient (Wildman–Crippen LogP) is 5.99. The van der Waals surface area contributed by atoms with Gasteiger partial charge >= 0.3 is 12.4 Å². The van der Waals surface area contributed by atoms with Gasteiger partial charge in [-0.3, -0.25) is 14.4 Å². The summed E-state index contributed by atoms with van der Waals surface area (Å²) in [4.78, 5) is 41.3. The van der Waals surface area contributed by atoms with E-state index < -0.39 is 52.2 Å². The fourth-order valence-electron chi connectivity index (χ4n) is 4.77. The molecule has 0 radical (unpaired) electrons. The summed E-state index contributed by atoms with van der Waals surface area (Å²) >= 11 is 0. The van der Waals surface area contributed by atoms with E-state index in [4.69, 9.17) is 4.74 Å². The molecule has 0 aromatic heterocycles. The molecule has 3 aromatic rings. The van der Waals surface area contributed by atoms with Crippen LogP contribution in [0.2, 0.25) is 0 Å². The smallest absolute Gasteiger partial charge is 0.425 e. The molecule has 6 nitrogen and oxygen atoms in total. The van der Waals surface area contributed by atoms with Crippen LogP contribution in [0.5, 0.6) is 5.75 Å². The molecule has 0 fully saturated rings. The Morgan fingerprint density at radius 3 is 2.07 bits per heavy atom. The topological polar surface area (TPSA) is 75.7 Å². The van der Waals surface area contributed by atoms with E-state index in [2.05, 4.69) is 0 Å². The van der Waals surface area contributed by atoms with Crippen molar-refractivity contribution in [1.82, 2.24) is 10.2 Å². The van der Waals surface area contributed by atoms with Gasteiger partial charge in [0.25, 0.3) is 11.8 Å². The van der Waals surface area contributed by atoms with E-state index >= 15 is 13.2 Å². The average molecular weight is 591 g/mol. The molecule has 42 heavy (non-hydrogen) atoms. The number of carbonyl (C=O) groups excluding carboxylic acids is 3. The number of Topliss-reactive ketones (excluding diaryl/α,β-unsaturated/α-hetero) is 1. The zero-order valence-electron chi connectivity index (χ0n) is 22.3. The lowest BCUT2D eigenvalue weighted by molar-refractivity contribution is -0.189. The number of carbonyl (C=O) groups is 3. The molecule has 0 saturated carbocycles. The van der Waals surface area contributed by atoms with Crippen molar-refractivity contribution in [2.75, 3.05) is 13.7 Å². The zero-order valence-corrected chi connectivity index (χ0v) is 22.3. The van der Waals surface area contributed by atoms with Gasteiger partial charge in [-0.1, -0.05) is 48.5 Å². The van der Waals surface area contributed by atoms with Gasteiger partial charge in [0, 0.05) is 23.4 Å². The number of alkyl halides is 6. The molecular weight excluding hydrogens is 566 g/mol. The van der Waals surface area contributed by atoms with Gasteiger partial charge in [-0.2, -0.15) is 26.3 Å². The summed E-state index contributed by atoms with van der Waals surface area (Å²) in [7, 11) is 1.46. The fourth-order valence-corrected chi connectivity index (χ4v) is 4.77. The van der Waals surface area contributed by atoms with Crippen LogP contribution >= 0.6 is 0 Å². The zero-order chi connectivity index (χ0) is 30.9. The maximum absolute atomic E-state index is 15.1. The molecule has 0 saturated heterocycles. The Morgan fingerprint density at radius 2 is 1.50 bits per heavy atom. The van der Waals surface area contributed by atoms with Crippen LogP contribution < -0.4 is 10.1 Å². The van der Waals surface area contributed by atoms with Gasteiger partial charge in [-0.15, -0.1) is 0 Å². The number of nitrogens with zero attached hydrogens (tertiary/aromatic N) is 1. The Labute approximate surface area is 236 Å². The van der Waals surface area contributed by atoms with Gasteiger partial charge in [-0.25, -0.2) is 0 Å². The molecule has 1 heterocycles. The first-order valence-corrected chi connectivity index (χ1v) is 12.5. The Bertz CT molecular complexity index is 1530. The van der Waals surface area contributed by atoms with E-state index in [0.717, 1.165) is 24.0 Å². The van der Waals surface area contributed by atoms with Gasteiger partial charge in [0.15, 0.2) is 5.78 Å². The normalized spacial score (nSPS) is 17.4. The van der Waals surface area contributed by atoms with Crippen LogP contribution in [0.25, 0.3) is 0 Å². The van der Waals surface area contributed by atoms with Crippen molar-refractivity contribution in [3.8, 4) is 5.75 Å². The summed E-state index contributed by atoms with van der Waals surface area (Å²) in [5.41, 5.74) is -6.84. The number of amides is 2. The van der Waals surface area contributed by atoms with E-state index in [9.17, 15) is 27.6 Å². The molecule has 12 heteroatoms. The van der Waals surface area contributed by atoms with E-state index in [1.807, 2.05) is 0 Å². The van der Waals surface area contributed by atoms with Crippen LogP contribution in [-0.4, -0.2) is 47.9 Å². The minimum atomic E-state index is -5.56. The van der Waals surface area contributed by atoms with Crippen molar-refractivity contribution >= 4 is 17.6 Å². The van der Waals surface area contributed by atoms with E-state index in [1.54, 1.807) is 29.6 Å². The molecule has 0 aliphatic carbocycles. The number of methoxy groups -OCH3 is 1. The van der Waals surface area contributed by atoms with E-state index in [-0.39, 0.29) is 24.2 Å². The molecule has 2 amide bonds. The van der Waals surface area contributed by atoms with Crippen LogP contribution in [0, 0.1) is 0 Å². The second kappa shape index (κ2) is 11.3. The largest absolute Gasteiger partial charge is 0.497 e. The van der Waals surface area contributed by atoms with Crippen LogP contribution in [0.4, 0.5) is 26.3 Å². The summed E-state index contributed by atoms with van der Waals surface area (Å²) in [6.07, 6.45) is -10.4. The minimum Gasteiger partial charge on any atom is -0.497 e. The second-order valence-corrected chi connectivity index (χ2v) is 9.49. The van der Waals surface area contributed by atoms with Gasteiger partial charge in [0.2, 0.25) is 5.54 Å². The van der Waals surface area contributed by atoms with Crippen molar-refractivity contribution < 1.29 is 45.5 Å². The summed E-state index contributed by atoms with van der Waals surface area (Å²) in [5.74, 6) is -3.90. The molecular formula is C30H24F6N2O4. The molecule has 4 rings (SSSR count). The third-order valence-corrected chi connectivity index (χ3v) is 6.93. The van der Waals surface area contributed by atoms with Gasteiger partial charge in [-0.05, 0) is 49.2 Å². The van der Waals surface area contributed by atoms with Crippen molar-refractivity contribution in [1.29, 1.82) is 0 Å². The quantitative estimate of drug-likeness (QED) is 0.259. The number of ketones is 1. The van der Waals surface area contributed by atoms with Crippen molar-refractivity contribution in [3.63, 3.8) is 0 Å². The Morgan fingerprint density at radius 1 is 0.881 bits per heavy atom. The van der Waals surface area contributed by atoms with Crippen molar-refractivity contribution in [2.45, 2.75) is 31.2 Å². The van der Waals surface area contributed by atoms with Gasteiger partial charge in [0.05, 0.1) is 18.2 Å². The SMILES string of the molecule is COc1ccc(CCN2C(=O)[C@](NC(=O)c3cccc(C(F)(F)F)c3)(C(F)(F)F)C(C(=O)c3ccccc3)=C2C)cc1. The number of halogens is 6. The van der Waals surface area contributed by atoms with Crippen LogP contribution in [0.3, 0.4) is 0 Å². The summed E-state index contributed by atoms with van der Waals surface area (Å²) in [5, 5.41) is 1.63. The first kappa shape index (κ1) is 30.4. The first-order chi connectivity index (χ1) is 19.7. The molecule has 3 aromatic carbocycles. The predicted molar refractivity (Wildman–Crippen MR) is 140 cm³/mol. The number of allylic oxidation sites excluding steroid dienone is 1. The molecule has 0 spiro atoms. The number of rotatable bonds is 8. The third kappa shape index (κ3) is 5.61. The fraction of sp³-hybridized carbons (Fsp3) is 0.233.